The summed E-state index contributed by atoms with van der Waals surface area (Å²) in [5.74, 6) is -0.984. The predicted molar refractivity (Wildman–Crippen MR) is 349 cm³/mol. The summed E-state index contributed by atoms with van der Waals surface area (Å²) in [7, 11) is 0. The van der Waals surface area contributed by atoms with Crippen LogP contribution in [-0.4, -0.2) is 207 Å². The summed E-state index contributed by atoms with van der Waals surface area (Å²) in [5, 5.41) is 23.3. The van der Waals surface area contributed by atoms with Gasteiger partial charge in [0.1, 0.15) is 34.5 Å². The number of nitrogens with zero attached hydrogens (tertiary/aromatic N) is 8. The molecule has 4 heterocycles. The van der Waals surface area contributed by atoms with Gasteiger partial charge in [-0.2, -0.15) is 0 Å². The molecule has 4 aliphatic heterocycles. The molecule has 4 saturated heterocycles. The monoisotopic (exact) mass is 1250 g/mol. The molecule has 0 radical (unpaired) electrons. The van der Waals surface area contributed by atoms with Crippen molar-refractivity contribution in [2.45, 2.75) is 169 Å². The third-order valence-electron chi connectivity index (χ3n) is 15.8. The molecule has 8 rings (SSSR count). The topological polar surface area (TPSA) is 232 Å². The molecule has 0 spiro atoms. The highest BCUT2D eigenvalue weighted by Crippen LogP contribution is 2.29. The van der Waals surface area contributed by atoms with Gasteiger partial charge in [0.15, 0.2) is 0 Å². The number of amides is 6. The van der Waals surface area contributed by atoms with Gasteiger partial charge in [-0.1, -0.05) is 91.9 Å². The molecule has 4 fully saturated rings. The highest BCUT2D eigenvalue weighted by Gasteiger charge is 2.47. The van der Waals surface area contributed by atoms with Crippen LogP contribution >= 0.6 is 0 Å². The van der Waals surface area contributed by atoms with E-state index in [2.05, 4.69) is 15.9 Å². The first-order valence-electron chi connectivity index (χ1n) is 31.6. The van der Waals surface area contributed by atoms with E-state index in [0.717, 1.165) is 33.6 Å². The van der Waals surface area contributed by atoms with Gasteiger partial charge in [-0.15, -0.1) is 0 Å². The Morgan fingerprint density at radius 3 is 1.16 bits per heavy atom. The van der Waals surface area contributed by atoms with E-state index in [9.17, 15) is 39.0 Å². The summed E-state index contributed by atoms with van der Waals surface area (Å²) in [6, 6.07) is 32.3. The van der Waals surface area contributed by atoms with Crippen LogP contribution in [0, 0.1) is 5.92 Å². The minimum atomic E-state index is -1.33. The first kappa shape index (κ1) is 69.8. The quantitative estimate of drug-likeness (QED) is 0.100. The number of nitrogens with two attached hydrogens (primary N) is 1. The van der Waals surface area contributed by atoms with Crippen LogP contribution in [0.5, 0.6) is 0 Å². The molecule has 0 aliphatic carbocycles. The van der Waals surface area contributed by atoms with Crippen LogP contribution in [0.15, 0.2) is 109 Å². The SMILES string of the molecule is CC(C)(C)OC(=O)N1CCN(c2cccc(C[C@H](N)[C@H](O)[C@H]3C(=O)N(Cc4ccccc4)CCN3C(=O)OC(C)(C)C)c2)CC1.C[C@@H](Cc1cccc(N2CCN(C(=O)OC(C)(C)C)CC2)c1)[C@H](O)[C@H]1C(=O)N(Cc2ccccc2)CCN1C(=O)OC(C)(C)C.[HH]. The van der Waals surface area contributed by atoms with E-state index in [1.165, 1.54) is 9.80 Å². The number of hydrogen-bond acceptors (Lipinski definition) is 15. The molecule has 90 heavy (non-hydrogen) atoms. The largest absolute Gasteiger partial charge is 0.444 e. The highest BCUT2D eigenvalue weighted by atomic mass is 16.6. The molecule has 4 aliphatic rings. The molecule has 21 nitrogen and oxygen atoms in total. The number of piperazine rings is 4. The van der Waals surface area contributed by atoms with Crippen LogP contribution in [0.25, 0.3) is 0 Å². The van der Waals surface area contributed by atoms with Crippen molar-refractivity contribution in [3.8, 4) is 0 Å². The molecule has 494 valence electrons. The van der Waals surface area contributed by atoms with Crippen LogP contribution in [0.1, 0.15) is 114 Å². The van der Waals surface area contributed by atoms with Crippen LogP contribution in [0.3, 0.4) is 0 Å². The van der Waals surface area contributed by atoms with E-state index in [1.54, 1.807) is 61.1 Å². The molecule has 4 N–H and O–H groups in total. The van der Waals surface area contributed by atoms with Gasteiger partial charge in [-0.05, 0) is 148 Å². The highest BCUT2D eigenvalue weighted by molar-refractivity contribution is 5.88. The molecular formula is C69H101N9O12. The molecule has 0 saturated carbocycles. The number of ether oxygens (including phenoxy) is 4. The van der Waals surface area contributed by atoms with E-state index < -0.39 is 64.9 Å². The zero-order chi connectivity index (χ0) is 65.9. The van der Waals surface area contributed by atoms with Gasteiger partial charge >= 0.3 is 24.4 Å². The second kappa shape index (κ2) is 30.0. The van der Waals surface area contributed by atoms with Crippen LogP contribution in [-0.2, 0) is 54.5 Å². The van der Waals surface area contributed by atoms with Crippen molar-refractivity contribution in [3.05, 3.63) is 131 Å². The third kappa shape index (κ3) is 20.2. The Bertz CT molecular complexity index is 2840. The number of carbonyl (C=O) groups is 6. The van der Waals surface area contributed by atoms with Gasteiger partial charge in [0.2, 0.25) is 11.8 Å². The molecule has 6 amide bonds. The minimum Gasteiger partial charge on any atom is -0.444 e. The standard InChI is InChI=1S/C35H50N4O6.C34H49N5O6.H2/c1-25(22-27-14-11-15-28(23-27)36-16-18-37(19-17-36)32(42)44-34(2,3)4)30(40)29-31(41)38(24-26-12-9-8-10-13-26)20-21-39(29)33(43)45-35(5,6)7;1-33(2,3)44-31(42)37-17-15-36(16-18-37)26-14-10-13-25(21-26)22-27(35)29(40)28-30(41)38(23-24-11-8-7-9-12-24)19-20-39(28)32(43)45-34(4,5)6;/h8-15,23,25,29-30,40H,16-22,24H2,1-7H3;7-14,21,27-29,40H,15-20,22-23,35H2,1-6H3;1H/t25-,29-,30-;27-,28-,29-;/m00./s1. The number of hydrogen-bond donors (Lipinski definition) is 3. The summed E-state index contributed by atoms with van der Waals surface area (Å²) in [4.78, 5) is 93.2. The summed E-state index contributed by atoms with van der Waals surface area (Å²) >= 11 is 0. The van der Waals surface area contributed by atoms with E-state index in [4.69, 9.17) is 24.7 Å². The van der Waals surface area contributed by atoms with Crippen molar-refractivity contribution in [1.82, 2.24) is 29.4 Å². The Morgan fingerprint density at radius 2 is 0.789 bits per heavy atom. The van der Waals surface area contributed by atoms with E-state index in [0.29, 0.717) is 85.0 Å². The average Bonchev–Trinajstić information content (AvgIpc) is 0.855. The van der Waals surface area contributed by atoms with Crippen molar-refractivity contribution < 1.29 is 59.4 Å². The lowest BCUT2D eigenvalue weighted by Crippen LogP contribution is -2.65. The molecule has 4 aromatic rings. The van der Waals surface area contributed by atoms with E-state index >= 15 is 0 Å². The predicted octanol–water partition coefficient (Wildman–Crippen LogP) is 8.80. The first-order valence-corrected chi connectivity index (χ1v) is 31.6. The van der Waals surface area contributed by atoms with Crippen LogP contribution < -0.4 is 15.5 Å². The summed E-state index contributed by atoms with van der Waals surface area (Å²) in [6.45, 7) is 30.5. The second-order valence-electron chi connectivity index (χ2n) is 28.0. The smallest absolute Gasteiger partial charge is 0.411 e. The maximum atomic E-state index is 13.9. The summed E-state index contributed by atoms with van der Waals surface area (Å²) < 4.78 is 22.3. The van der Waals surface area contributed by atoms with Gasteiger partial charge in [-0.3, -0.25) is 19.4 Å². The maximum absolute atomic E-state index is 13.9. The molecule has 0 aromatic heterocycles. The fraction of sp³-hybridized carbons (Fsp3) is 0.565. The molecule has 6 atom stereocenters. The van der Waals surface area contributed by atoms with Gasteiger partial charge < -0.3 is 64.3 Å². The lowest BCUT2D eigenvalue weighted by molar-refractivity contribution is -0.149. The van der Waals surface area contributed by atoms with Crippen molar-refractivity contribution in [1.29, 1.82) is 0 Å². The second-order valence-corrected chi connectivity index (χ2v) is 28.0. The Kier molecular flexibility index (Phi) is 23.3. The van der Waals surface area contributed by atoms with Crippen molar-refractivity contribution >= 4 is 47.6 Å². The number of carbonyl (C=O) groups excluding carboxylic acids is 6. The van der Waals surface area contributed by atoms with Gasteiger partial charge in [0, 0.05) is 110 Å². The summed E-state index contributed by atoms with van der Waals surface area (Å²) in [5.41, 5.74) is 9.88. The van der Waals surface area contributed by atoms with Gasteiger partial charge in [0.05, 0.1) is 12.2 Å². The summed E-state index contributed by atoms with van der Waals surface area (Å²) in [6.07, 6.45) is -3.49. The van der Waals surface area contributed by atoms with Gasteiger partial charge in [-0.25, -0.2) is 19.2 Å². The Hall–Kier alpha value is -7.62. The first-order chi connectivity index (χ1) is 42.2. The molecular weight excluding hydrogens is 1150 g/mol. The van der Waals surface area contributed by atoms with Crippen molar-refractivity contribution in [2.24, 2.45) is 11.7 Å². The van der Waals surface area contributed by atoms with Crippen LogP contribution in [0.2, 0.25) is 0 Å². The van der Waals surface area contributed by atoms with E-state index in [1.807, 2.05) is 152 Å². The number of aliphatic hydroxyl groups excluding tert-OH is 2. The number of rotatable bonds is 14. The fourth-order valence-corrected chi connectivity index (χ4v) is 11.4. The Morgan fingerprint density at radius 1 is 0.456 bits per heavy atom. The number of aliphatic hydroxyl groups is 2. The number of benzene rings is 4. The van der Waals surface area contributed by atoms with Crippen LogP contribution in [0.4, 0.5) is 30.6 Å². The lowest BCUT2D eigenvalue weighted by Gasteiger charge is -2.43. The molecule has 21 heteroatoms. The lowest BCUT2D eigenvalue weighted by atomic mass is 9.89. The molecule has 4 aromatic carbocycles. The molecule has 0 unspecified atom stereocenters. The van der Waals surface area contributed by atoms with E-state index in [-0.39, 0.29) is 50.9 Å². The maximum Gasteiger partial charge on any atom is 0.411 e. The minimum absolute atomic E-state index is 0. The Labute approximate surface area is 534 Å². The van der Waals surface area contributed by atoms with Crippen molar-refractivity contribution in [3.63, 3.8) is 0 Å². The zero-order valence-electron chi connectivity index (χ0n) is 55.3. The number of anilines is 2. The fourth-order valence-electron chi connectivity index (χ4n) is 11.4. The normalized spacial score (nSPS) is 19.3. The third-order valence-corrected chi connectivity index (χ3v) is 15.8. The molecule has 0 bridgehead atoms. The van der Waals surface area contributed by atoms with Crippen molar-refractivity contribution in [2.75, 3.05) is 88.3 Å². The average molecular weight is 1250 g/mol. The zero-order valence-corrected chi connectivity index (χ0v) is 55.3. The Balaban J connectivity index is 0.000000286. The van der Waals surface area contributed by atoms with Gasteiger partial charge in [0.25, 0.3) is 0 Å².